The molecule has 6 aliphatic rings. The molecular formula is C44H82N4S2+4. The third-order valence-corrected chi connectivity index (χ3v) is 15.3. The molecule has 6 saturated heterocycles. The number of thiol groups is 2. The average molecular weight is 731 g/mol. The number of rotatable bonds is 26. The first-order chi connectivity index (χ1) is 24.3. The van der Waals surface area contributed by atoms with Crippen molar-refractivity contribution in [3.63, 3.8) is 0 Å². The van der Waals surface area contributed by atoms with Gasteiger partial charge in [0.25, 0.3) is 0 Å². The van der Waals surface area contributed by atoms with Crippen LogP contribution in [-0.4, -0.2) is 121 Å². The van der Waals surface area contributed by atoms with Crippen molar-refractivity contribution in [1.82, 2.24) is 0 Å². The highest BCUT2D eigenvalue weighted by atomic mass is 32.1. The Kier molecular flexibility index (Phi) is 16.7. The normalized spacial score (nSPS) is 28.9. The van der Waals surface area contributed by atoms with Crippen molar-refractivity contribution in [2.24, 2.45) is 0 Å². The molecule has 0 saturated carbocycles. The molecule has 6 heteroatoms. The van der Waals surface area contributed by atoms with E-state index in [2.05, 4.69) is 51.2 Å². The lowest BCUT2D eigenvalue weighted by atomic mass is 9.95. The molecular weight excluding hydrogens is 649 g/mol. The van der Waals surface area contributed by atoms with Gasteiger partial charge in [0.05, 0.1) is 13.1 Å². The number of benzene rings is 1. The third-order valence-electron chi connectivity index (χ3n) is 14.7. The molecule has 286 valence electrons. The van der Waals surface area contributed by atoms with Gasteiger partial charge in [-0.15, -0.1) is 0 Å². The van der Waals surface area contributed by atoms with E-state index in [0.717, 1.165) is 11.5 Å². The first-order valence-electron chi connectivity index (χ1n) is 22.1. The van der Waals surface area contributed by atoms with Gasteiger partial charge < -0.3 is 17.9 Å². The van der Waals surface area contributed by atoms with E-state index in [4.69, 9.17) is 0 Å². The van der Waals surface area contributed by atoms with Gasteiger partial charge in [-0.25, -0.2) is 0 Å². The smallest absolute Gasteiger partial charge is 0.129 e. The van der Waals surface area contributed by atoms with Crippen LogP contribution in [0.5, 0.6) is 0 Å². The molecule has 0 unspecified atom stereocenters. The van der Waals surface area contributed by atoms with Crippen LogP contribution in [0, 0.1) is 13.8 Å². The molecule has 6 aliphatic heterocycles. The molecule has 0 aromatic heterocycles. The molecule has 6 heterocycles. The van der Waals surface area contributed by atoms with Gasteiger partial charge in [0.2, 0.25) is 0 Å². The highest BCUT2D eigenvalue weighted by Gasteiger charge is 2.50. The Labute approximate surface area is 321 Å². The SMILES string of the molecule is Cc1cc(C[N+]23CC[N+](CCCCCCCCCCCS)(CC2)CC3)c(C)cc1C[N+]12CC[N+](CCCCCCCCCCCS)(CC1)CC2. The van der Waals surface area contributed by atoms with Crippen LogP contribution in [0.3, 0.4) is 0 Å². The Balaban J connectivity index is 0.993. The van der Waals surface area contributed by atoms with E-state index in [1.165, 1.54) is 238 Å². The summed E-state index contributed by atoms with van der Waals surface area (Å²) in [4.78, 5) is 0. The Morgan fingerprint density at radius 2 is 0.600 bits per heavy atom. The molecule has 0 atom stereocenters. The quantitative estimate of drug-likeness (QED) is 0.0530. The van der Waals surface area contributed by atoms with Crippen LogP contribution >= 0.6 is 25.3 Å². The van der Waals surface area contributed by atoms with Gasteiger partial charge in [0.1, 0.15) is 91.6 Å². The summed E-state index contributed by atoms with van der Waals surface area (Å²) in [5.41, 5.74) is 6.46. The van der Waals surface area contributed by atoms with Gasteiger partial charge in [-0.1, -0.05) is 77.0 Å². The minimum absolute atomic E-state index is 1.06. The Hall–Kier alpha value is -0.240. The molecule has 1 aromatic carbocycles. The zero-order valence-electron chi connectivity index (χ0n) is 33.3. The summed E-state index contributed by atoms with van der Waals surface area (Å²) in [6.07, 6.45) is 25.6. The fourth-order valence-corrected chi connectivity index (χ4v) is 11.1. The predicted octanol–water partition coefficient (Wildman–Crippen LogP) is 9.51. The number of piperazine rings is 6. The third kappa shape index (κ3) is 11.9. The number of hydrogen-bond acceptors (Lipinski definition) is 2. The fourth-order valence-electron chi connectivity index (χ4n) is 10.6. The number of quaternary nitrogens is 4. The van der Waals surface area contributed by atoms with Crippen LogP contribution in [0.15, 0.2) is 12.1 Å². The molecule has 0 N–H and O–H groups in total. The first-order valence-corrected chi connectivity index (χ1v) is 23.3. The van der Waals surface area contributed by atoms with Crippen LogP contribution in [0.2, 0.25) is 0 Å². The summed E-state index contributed by atoms with van der Waals surface area (Å²) in [6, 6.07) is 5.27. The lowest BCUT2D eigenvalue weighted by Crippen LogP contribution is -2.74. The lowest BCUT2D eigenvalue weighted by molar-refractivity contribution is -1.09. The Morgan fingerprint density at radius 3 is 0.880 bits per heavy atom. The maximum Gasteiger partial charge on any atom is 0.129 e. The molecule has 0 radical (unpaired) electrons. The molecule has 0 aliphatic carbocycles. The van der Waals surface area contributed by atoms with Crippen molar-refractivity contribution < 1.29 is 17.9 Å². The van der Waals surface area contributed by atoms with Crippen molar-refractivity contribution in [2.75, 3.05) is 103 Å². The standard InChI is InChI=1S/C44H80N4S2/c1-41-37-44(40-48-32-26-46(27-33-48,28-34-48)22-18-14-10-6-4-8-12-16-20-36-50)42(2)38-43(41)39-47-29-23-45(24-30-47,25-31-47)21-17-13-9-5-3-7-11-15-19-35-49/h37-38H,3-36,39-40H2,1-2H3/q+2/p+2. The van der Waals surface area contributed by atoms with Crippen molar-refractivity contribution >= 4 is 25.3 Å². The highest BCUT2D eigenvalue weighted by Crippen LogP contribution is 2.34. The van der Waals surface area contributed by atoms with Crippen molar-refractivity contribution in [3.05, 3.63) is 34.4 Å². The largest absolute Gasteiger partial charge is 0.310 e. The minimum atomic E-state index is 1.06. The van der Waals surface area contributed by atoms with E-state index < -0.39 is 0 Å². The molecule has 0 amide bonds. The van der Waals surface area contributed by atoms with Gasteiger partial charge in [-0.05, 0) is 87.1 Å². The topological polar surface area (TPSA) is 0 Å². The molecule has 50 heavy (non-hydrogen) atoms. The van der Waals surface area contributed by atoms with E-state index >= 15 is 0 Å². The van der Waals surface area contributed by atoms with Crippen LogP contribution in [0.4, 0.5) is 0 Å². The van der Waals surface area contributed by atoms with Gasteiger partial charge >= 0.3 is 0 Å². The summed E-state index contributed by atoms with van der Waals surface area (Å²) in [6.45, 7) is 27.3. The van der Waals surface area contributed by atoms with E-state index in [0.29, 0.717) is 0 Å². The van der Waals surface area contributed by atoms with Gasteiger partial charge in [-0.3, -0.25) is 0 Å². The summed E-state index contributed by atoms with van der Waals surface area (Å²) < 4.78 is 5.61. The van der Waals surface area contributed by atoms with Crippen molar-refractivity contribution in [3.8, 4) is 0 Å². The molecule has 1 aromatic rings. The monoisotopic (exact) mass is 731 g/mol. The van der Waals surface area contributed by atoms with Gasteiger partial charge in [0.15, 0.2) is 0 Å². The van der Waals surface area contributed by atoms with Gasteiger partial charge in [-0.2, -0.15) is 25.3 Å². The number of fused-ring (bicyclic) bond motifs is 6. The zero-order valence-corrected chi connectivity index (χ0v) is 35.1. The van der Waals surface area contributed by atoms with E-state index in [9.17, 15) is 0 Å². The summed E-state index contributed by atoms with van der Waals surface area (Å²) in [7, 11) is 0. The second kappa shape index (κ2) is 20.4. The number of hydrogen-bond donors (Lipinski definition) is 2. The maximum atomic E-state index is 4.34. The summed E-state index contributed by atoms with van der Waals surface area (Å²) >= 11 is 8.68. The van der Waals surface area contributed by atoms with Crippen molar-refractivity contribution in [2.45, 2.75) is 143 Å². The van der Waals surface area contributed by atoms with Gasteiger partial charge in [0, 0.05) is 11.1 Å². The minimum Gasteiger partial charge on any atom is -0.310 e. The highest BCUT2D eigenvalue weighted by molar-refractivity contribution is 7.80. The number of nitrogens with zero attached hydrogens (tertiary/aromatic N) is 4. The molecule has 7 rings (SSSR count). The second-order valence-electron chi connectivity index (χ2n) is 18.3. The summed E-state index contributed by atoms with van der Waals surface area (Å²) in [5, 5.41) is 0. The average Bonchev–Trinajstić information content (AvgIpc) is 3.14. The van der Waals surface area contributed by atoms with E-state index in [1.807, 2.05) is 0 Å². The molecule has 6 fully saturated rings. The van der Waals surface area contributed by atoms with E-state index in [1.54, 1.807) is 22.3 Å². The molecule has 4 nitrogen and oxygen atoms in total. The van der Waals surface area contributed by atoms with E-state index in [-0.39, 0.29) is 0 Å². The van der Waals surface area contributed by atoms with Crippen LogP contribution in [0.25, 0.3) is 0 Å². The Bertz CT molecular complexity index is 1000. The Morgan fingerprint density at radius 1 is 0.360 bits per heavy atom. The lowest BCUT2D eigenvalue weighted by Gasteiger charge is -2.56. The second-order valence-corrected chi connectivity index (χ2v) is 19.2. The predicted molar refractivity (Wildman–Crippen MR) is 223 cm³/mol. The van der Waals surface area contributed by atoms with Crippen LogP contribution < -0.4 is 0 Å². The zero-order chi connectivity index (χ0) is 35.2. The summed E-state index contributed by atoms with van der Waals surface area (Å²) in [5.74, 6) is 2.12. The number of unbranched alkanes of at least 4 members (excludes halogenated alkanes) is 16. The molecule has 4 bridgehead atoms. The first kappa shape index (κ1) is 40.9. The van der Waals surface area contributed by atoms with Crippen LogP contribution in [-0.2, 0) is 13.1 Å². The fraction of sp³-hybridized carbons (Fsp3) is 0.864. The maximum absolute atomic E-state index is 4.34. The van der Waals surface area contributed by atoms with Crippen molar-refractivity contribution in [1.29, 1.82) is 0 Å². The van der Waals surface area contributed by atoms with Crippen LogP contribution in [0.1, 0.15) is 138 Å². The number of aryl methyl sites for hydroxylation is 2. The molecule has 0 spiro atoms.